The van der Waals surface area contributed by atoms with Crippen molar-refractivity contribution < 1.29 is 0 Å². The van der Waals surface area contributed by atoms with E-state index in [0.29, 0.717) is 0 Å². The van der Waals surface area contributed by atoms with Crippen LogP contribution in [0.5, 0.6) is 0 Å². The number of benzene rings is 20. The minimum absolute atomic E-state index is 0.260. The van der Waals surface area contributed by atoms with Crippen LogP contribution in [0, 0.1) is 0 Å². The first-order valence-corrected chi connectivity index (χ1v) is 44.7. The van der Waals surface area contributed by atoms with Gasteiger partial charge < -0.3 is 18.2 Å². The van der Waals surface area contributed by atoms with Gasteiger partial charge in [0.25, 0.3) is 0 Å². The van der Waals surface area contributed by atoms with Crippen LogP contribution in [-0.2, 0) is 0 Å². The van der Waals surface area contributed by atoms with Crippen LogP contribution in [0.25, 0.3) is 244 Å². The SMILES string of the molecule is c1ccc(-c2cc(-c3ccccc3)cc(-c3cccc4c3c3c(-c5cc(-c6ccccc6)cc(-c6ccccc6)c5)ccc5c3n4-c3cccc4c3B5n3c5c-4cccc5c4c3c3cccc5c3n4C3c4c-5cccc4-n4c5cccc(-c6cc(-c7ccccc7)cc(-c7ccccc7)c6)c5c5c(-c6cc(-c7ccccc7)cc(-c7ccccc7)c6)ccc3c54)c2)cc1. The Balaban J connectivity index is 0.732. The number of rotatable bonds is 12. The van der Waals surface area contributed by atoms with E-state index in [1.807, 2.05) is 0 Å². The molecule has 1 unspecified atom stereocenters. The maximum atomic E-state index is 2.85. The lowest BCUT2D eigenvalue weighted by Gasteiger charge is -2.36. The van der Waals surface area contributed by atoms with Crippen LogP contribution in [0.4, 0.5) is 0 Å². The first kappa shape index (κ1) is 70.9. The molecule has 28 rings (SSSR count). The highest BCUT2D eigenvalue weighted by atomic mass is 15.1. The van der Waals surface area contributed by atoms with E-state index in [2.05, 4.69) is 467 Å². The van der Waals surface area contributed by atoms with E-state index in [9.17, 15) is 0 Å². The van der Waals surface area contributed by atoms with Crippen molar-refractivity contribution in [2.75, 3.05) is 0 Å². The molecule has 0 bridgehead atoms. The van der Waals surface area contributed by atoms with Crippen molar-refractivity contribution in [1.29, 1.82) is 0 Å². The van der Waals surface area contributed by atoms with Crippen molar-refractivity contribution in [2.24, 2.45) is 0 Å². The summed E-state index contributed by atoms with van der Waals surface area (Å²) in [5, 5.41) is 7.42. The Morgan fingerprint density at radius 3 is 0.914 bits per heavy atom. The quantitative estimate of drug-likeness (QED) is 0.109. The van der Waals surface area contributed by atoms with E-state index in [1.165, 1.54) is 255 Å². The minimum Gasteiger partial charge on any atom is -0.374 e. The van der Waals surface area contributed by atoms with Crippen molar-refractivity contribution in [3.8, 4) is 167 Å². The van der Waals surface area contributed by atoms with Crippen LogP contribution in [0.2, 0.25) is 0 Å². The molecule has 590 valence electrons. The zero-order valence-corrected chi connectivity index (χ0v) is 69.7. The van der Waals surface area contributed by atoms with Crippen LogP contribution in [0.1, 0.15) is 17.2 Å². The maximum Gasteiger partial charge on any atom is 0.333 e. The number of hydrogen-bond acceptors (Lipinski definition) is 0. The first-order chi connectivity index (χ1) is 63.5. The van der Waals surface area contributed by atoms with Gasteiger partial charge in [-0.05, 0) is 253 Å². The third-order valence-corrected chi connectivity index (χ3v) is 28.4. The average molecular weight is 1620 g/mol. The summed E-state index contributed by atoms with van der Waals surface area (Å²) >= 11 is 0. The van der Waals surface area contributed by atoms with Gasteiger partial charge in [0, 0.05) is 65.8 Å². The molecule has 0 saturated heterocycles. The molecule has 24 aromatic rings. The zero-order chi connectivity index (χ0) is 83.5. The van der Waals surface area contributed by atoms with E-state index in [-0.39, 0.29) is 12.9 Å². The molecule has 128 heavy (non-hydrogen) atoms. The summed E-state index contributed by atoms with van der Waals surface area (Å²) in [5.41, 5.74) is 50.6. The monoisotopic (exact) mass is 1620 g/mol. The molecule has 0 radical (unpaired) electrons. The highest BCUT2D eigenvalue weighted by molar-refractivity contribution is 6.90. The fourth-order valence-corrected chi connectivity index (χ4v) is 23.1. The van der Waals surface area contributed by atoms with Crippen LogP contribution in [0.3, 0.4) is 0 Å². The molecule has 0 spiro atoms. The number of fused-ring (bicyclic) bond motifs is 19. The smallest absolute Gasteiger partial charge is 0.333 e. The molecule has 0 N–H and O–H groups in total. The number of hydrogen-bond donors (Lipinski definition) is 0. The predicted octanol–water partition coefficient (Wildman–Crippen LogP) is 30.8. The lowest BCUT2D eigenvalue weighted by molar-refractivity contribution is 0.711. The van der Waals surface area contributed by atoms with Gasteiger partial charge in [-0.25, -0.2) is 0 Å². The molecule has 0 aliphatic carbocycles. The van der Waals surface area contributed by atoms with E-state index in [4.69, 9.17) is 0 Å². The average Bonchev–Trinajstić information content (AvgIpc) is 1.48. The maximum absolute atomic E-state index is 2.85. The van der Waals surface area contributed by atoms with Crippen molar-refractivity contribution in [1.82, 2.24) is 18.2 Å². The van der Waals surface area contributed by atoms with Gasteiger partial charge in [-0.2, -0.15) is 0 Å². The lowest BCUT2D eigenvalue weighted by Crippen LogP contribution is -2.55. The van der Waals surface area contributed by atoms with Crippen LogP contribution in [0.15, 0.2) is 449 Å². The van der Waals surface area contributed by atoms with E-state index in [0.717, 1.165) is 11.1 Å². The van der Waals surface area contributed by atoms with Gasteiger partial charge in [0.05, 0.1) is 50.3 Å². The molecule has 0 amide bonds. The summed E-state index contributed by atoms with van der Waals surface area (Å²) in [5.74, 6) is 0. The Kier molecular flexibility index (Phi) is 15.2. The molecule has 8 heterocycles. The highest BCUT2D eigenvalue weighted by Gasteiger charge is 2.46. The van der Waals surface area contributed by atoms with Crippen LogP contribution >= 0.6 is 0 Å². The zero-order valence-electron chi connectivity index (χ0n) is 69.7. The molecule has 4 aliphatic rings. The standard InChI is InChI=1S/C123H75BN4/c1-9-31-75(32-10-1)83-63-84(76-33-11-2-12-34-76)68-91(67-83)95-47-27-55-107-111(95)114-97(93-71-87(79-39-17-5-18-40-79)65-88(72-93)80-41-19-6-20-42-80)59-60-105-119-113-99(49-29-57-109(113)125(107)120(105)114)101-51-25-53-103-117(101)127(119)121-104-54-26-52-102-100-50-30-58-110-116(100)124(128(118(102)104)122(103)121)106-62-61-98(94-73-89(81-43-21-7-22-44-81)66-90(74-94)82-45-23-8-24-46-82)115-112-96(48-28-56-108(112)126(110)123(106)115)92-69-85(77-35-13-3-14-36-77)64-86(70-92)78-37-15-4-16-38-78/h1-74,119H. The summed E-state index contributed by atoms with van der Waals surface area (Å²) in [6.45, 7) is -0.260. The van der Waals surface area contributed by atoms with Gasteiger partial charge in [-0.3, -0.25) is 0 Å². The molecule has 4 aliphatic heterocycles. The van der Waals surface area contributed by atoms with Gasteiger partial charge in [-0.15, -0.1) is 0 Å². The molecular formula is C123H75BN4. The molecule has 20 aromatic carbocycles. The minimum atomic E-state index is -0.260. The van der Waals surface area contributed by atoms with Gasteiger partial charge in [-0.1, -0.05) is 352 Å². The van der Waals surface area contributed by atoms with E-state index >= 15 is 0 Å². The number of para-hydroxylation sites is 2. The first-order valence-electron chi connectivity index (χ1n) is 44.7. The van der Waals surface area contributed by atoms with Crippen molar-refractivity contribution in [2.45, 2.75) is 6.04 Å². The normalized spacial score (nSPS) is 13.1. The highest BCUT2D eigenvalue weighted by Crippen LogP contribution is 2.60. The Hall–Kier alpha value is -16.6. The van der Waals surface area contributed by atoms with Crippen LogP contribution in [-0.4, -0.2) is 25.0 Å². The second-order valence-corrected chi connectivity index (χ2v) is 35.2. The fourth-order valence-electron chi connectivity index (χ4n) is 23.1. The van der Waals surface area contributed by atoms with Crippen molar-refractivity contribution in [3.63, 3.8) is 0 Å². The molecular weight excluding hydrogens is 1540 g/mol. The van der Waals surface area contributed by atoms with E-state index < -0.39 is 0 Å². The molecule has 4 nitrogen and oxygen atoms in total. The topological polar surface area (TPSA) is 19.7 Å². The molecule has 0 fully saturated rings. The van der Waals surface area contributed by atoms with Crippen molar-refractivity contribution in [3.05, 3.63) is 460 Å². The Labute approximate surface area is 740 Å². The van der Waals surface area contributed by atoms with Gasteiger partial charge >= 0.3 is 6.85 Å². The third kappa shape index (κ3) is 10.3. The molecule has 5 heteroatoms. The molecule has 0 saturated carbocycles. The summed E-state index contributed by atoms with van der Waals surface area (Å²) in [4.78, 5) is 0. The van der Waals surface area contributed by atoms with Crippen molar-refractivity contribution >= 4 is 94.2 Å². The van der Waals surface area contributed by atoms with Crippen LogP contribution < -0.4 is 10.9 Å². The third-order valence-electron chi connectivity index (χ3n) is 28.4. The number of aromatic nitrogens is 4. The molecule has 1 atom stereocenters. The van der Waals surface area contributed by atoms with Gasteiger partial charge in [0.1, 0.15) is 0 Å². The number of nitrogens with zero attached hydrogens (tertiary/aromatic N) is 4. The lowest BCUT2D eigenvalue weighted by atomic mass is 9.45. The summed E-state index contributed by atoms with van der Waals surface area (Å²) in [6, 6.07) is 170. The second-order valence-electron chi connectivity index (χ2n) is 35.2. The predicted molar refractivity (Wildman–Crippen MR) is 537 cm³/mol. The Morgan fingerprint density at radius 2 is 0.500 bits per heavy atom. The van der Waals surface area contributed by atoms with Gasteiger partial charge in [0.2, 0.25) is 0 Å². The Morgan fingerprint density at radius 1 is 0.188 bits per heavy atom. The largest absolute Gasteiger partial charge is 0.374 e. The summed E-state index contributed by atoms with van der Waals surface area (Å²) < 4.78 is 11.1. The van der Waals surface area contributed by atoms with Gasteiger partial charge in [0.15, 0.2) is 0 Å². The molecule has 4 aromatic heterocycles. The van der Waals surface area contributed by atoms with E-state index in [1.54, 1.807) is 0 Å². The summed E-state index contributed by atoms with van der Waals surface area (Å²) in [6.07, 6.45) is 0. The fraction of sp³-hybridized carbons (Fsp3) is 0.00813. The summed E-state index contributed by atoms with van der Waals surface area (Å²) in [7, 11) is 0. The second kappa shape index (κ2) is 27.5. The Bertz CT molecular complexity index is 8080.